The van der Waals surface area contributed by atoms with Crippen LogP contribution in [-0.2, 0) is 4.79 Å². The lowest BCUT2D eigenvalue weighted by Gasteiger charge is -2.10. The number of halogens is 1. The van der Waals surface area contributed by atoms with Crippen molar-refractivity contribution in [3.05, 3.63) is 71.2 Å². The molecule has 0 aliphatic heterocycles. The van der Waals surface area contributed by atoms with Crippen LogP contribution in [0, 0.1) is 6.92 Å². The summed E-state index contributed by atoms with van der Waals surface area (Å²) in [5.41, 5.74) is 2.60. The van der Waals surface area contributed by atoms with Crippen LogP contribution in [0.5, 0.6) is 0 Å². The van der Waals surface area contributed by atoms with Crippen molar-refractivity contribution in [3.63, 3.8) is 0 Å². The molecule has 2 N–H and O–H groups in total. The first kappa shape index (κ1) is 15.4. The van der Waals surface area contributed by atoms with Gasteiger partial charge in [-0.3, -0.25) is 4.79 Å². The number of rotatable bonds is 4. The standard InChI is InChI=1S/C19H17ClN2O/c1-13-6-9-18(17(20)10-13)22-19(23)12-21-16-8-7-14-4-2-3-5-15(14)11-16/h2-11,21H,12H2,1H3,(H,22,23). The Bertz CT molecular complexity index is 861. The zero-order valence-electron chi connectivity index (χ0n) is 12.8. The van der Waals surface area contributed by atoms with Crippen molar-refractivity contribution in [2.24, 2.45) is 0 Å². The van der Waals surface area contributed by atoms with E-state index in [4.69, 9.17) is 11.6 Å². The van der Waals surface area contributed by atoms with E-state index >= 15 is 0 Å². The third kappa shape index (κ3) is 3.82. The van der Waals surface area contributed by atoms with Crippen LogP contribution in [0.1, 0.15) is 5.56 Å². The molecule has 0 aliphatic rings. The number of carbonyl (C=O) groups excluding carboxylic acids is 1. The highest BCUT2D eigenvalue weighted by atomic mass is 35.5. The Balaban J connectivity index is 1.63. The molecular formula is C19H17ClN2O. The third-order valence-corrected chi connectivity index (χ3v) is 3.91. The molecule has 23 heavy (non-hydrogen) atoms. The summed E-state index contributed by atoms with van der Waals surface area (Å²) in [6.07, 6.45) is 0. The van der Waals surface area contributed by atoms with Gasteiger partial charge in [-0.1, -0.05) is 48.0 Å². The number of benzene rings is 3. The minimum absolute atomic E-state index is 0.135. The lowest BCUT2D eigenvalue weighted by molar-refractivity contribution is -0.114. The van der Waals surface area contributed by atoms with Gasteiger partial charge < -0.3 is 10.6 Å². The summed E-state index contributed by atoms with van der Waals surface area (Å²) in [6, 6.07) is 19.7. The van der Waals surface area contributed by atoms with Gasteiger partial charge in [0.1, 0.15) is 0 Å². The summed E-state index contributed by atoms with van der Waals surface area (Å²) in [4.78, 5) is 12.1. The van der Waals surface area contributed by atoms with E-state index in [1.165, 1.54) is 5.39 Å². The van der Waals surface area contributed by atoms with Gasteiger partial charge in [0.25, 0.3) is 0 Å². The average Bonchev–Trinajstić information content (AvgIpc) is 2.55. The second-order valence-corrected chi connectivity index (χ2v) is 5.85. The first-order valence-electron chi connectivity index (χ1n) is 7.40. The van der Waals surface area contributed by atoms with Gasteiger partial charge in [0, 0.05) is 5.69 Å². The average molecular weight is 325 g/mol. The quantitative estimate of drug-likeness (QED) is 0.720. The maximum Gasteiger partial charge on any atom is 0.243 e. The molecule has 0 spiro atoms. The summed E-state index contributed by atoms with van der Waals surface area (Å²) in [5, 5.41) is 8.80. The highest BCUT2D eigenvalue weighted by molar-refractivity contribution is 6.33. The molecule has 3 aromatic carbocycles. The molecule has 1 amide bonds. The summed E-state index contributed by atoms with van der Waals surface area (Å²) >= 11 is 6.12. The second kappa shape index (κ2) is 6.71. The maximum absolute atomic E-state index is 12.1. The van der Waals surface area contributed by atoms with Gasteiger partial charge >= 0.3 is 0 Å². The molecule has 0 saturated carbocycles. The van der Waals surface area contributed by atoms with E-state index in [2.05, 4.69) is 16.7 Å². The molecule has 3 aromatic rings. The van der Waals surface area contributed by atoms with Gasteiger partial charge in [-0.25, -0.2) is 0 Å². The molecule has 0 heterocycles. The maximum atomic E-state index is 12.1. The fraction of sp³-hybridized carbons (Fsp3) is 0.105. The number of carbonyl (C=O) groups is 1. The number of hydrogen-bond donors (Lipinski definition) is 2. The van der Waals surface area contributed by atoms with Crippen molar-refractivity contribution in [1.29, 1.82) is 0 Å². The fourth-order valence-electron chi connectivity index (χ4n) is 2.40. The first-order chi connectivity index (χ1) is 11.1. The predicted octanol–water partition coefficient (Wildman–Crippen LogP) is 4.85. The first-order valence-corrected chi connectivity index (χ1v) is 7.78. The molecule has 116 valence electrons. The van der Waals surface area contributed by atoms with E-state index in [0.717, 1.165) is 16.6 Å². The monoisotopic (exact) mass is 324 g/mol. The Hall–Kier alpha value is -2.52. The normalized spacial score (nSPS) is 10.5. The Morgan fingerprint density at radius 3 is 2.57 bits per heavy atom. The van der Waals surface area contributed by atoms with Crippen LogP contribution in [0.2, 0.25) is 5.02 Å². The Labute approximate surface area is 140 Å². The summed E-state index contributed by atoms with van der Waals surface area (Å²) in [6.45, 7) is 2.14. The smallest absolute Gasteiger partial charge is 0.243 e. The van der Waals surface area contributed by atoms with Crippen molar-refractivity contribution in [2.75, 3.05) is 17.2 Å². The van der Waals surface area contributed by atoms with Gasteiger partial charge in [-0.15, -0.1) is 0 Å². The SMILES string of the molecule is Cc1ccc(NC(=O)CNc2ccc3ccccc3c2)c(Cl)c1. The highest BCUT2D eigenvalue weighted by Crippen LogP contribution is 2.23. The van der Waals surface area contributed by atoms with E-state index in [1.807, 2.05) is 61.5 Å². The van der Waals surface area contributed by atoms with Crippen LogP contribution in [0.25, 0.3) is 10.8 Å². The van der Waals surface area contributed by atoms with Gasteiger partial charge in [0.05, 0.1) is 17.3 Å². The summed E-state index contributed by atoms with van der Waals surface area (Å²) in [7, 11) is 0. The van der Waals surface area contributed by atoms with Crippen LogP contribution < -0.4 is 10.6 Å². The van der Waals surface area contributed by atoms with E-state index in [0.29, 0.717) is 10.7 Å². The van der Waals surface area contributed by atoms with Gasteiger partial charge in [-0.05, 0) is 47.5 Å². The van der Waals surface area contributed by atoms with Crippen molar-refractivity contribution in [1.82, 2.24) is 0 Å². The molecular weight excluding hydrogens is 308 g/mol. The van der Waals surface area contributed by atoms with E-state index in [-0.39, 0.29) is 12.5 Å². The fourth-order valence-corrected chi connectivity index (χ4v) is 2.68. The number of nitrogens with one attached hydrogen (secondary N) is 2. The molecule has 0 aromatic heterocycles. The number of fused-ring (bicyclic) bond motifs is 1. The lowest BCUT2D eigenvalue weighted by atomic mass is 10.1. The molecule has 0 atom stereocenters. The zero-order valence-corrected chi connectivity index (χ0v) is 13.5. The largest absolute Gasteiger partial charge is 0.376 e. The van der Waals surface area contributed by atoms with Crippen LogP contribution >= 0.6 is 11.6 Å². The predicted molar refractivity (Wildman–Crippen MR) is 97.3 cm³/mol. The van der Waals surface area contributed by atoms with Gasteiger partial charge in [-0.2, -0.15) is 0 Å². The van der Waals surface area contributed by atoms with Crippen molar-refractivity contribution in [3.8, 4) is 0 Å². The molecule has 3 nitrogen and oxygen atoms in total. The molecule has 4 heteroatoms. The number of aryl methyl sites for hydroxylation is 1. The van der Waals surface area contributed by atoms with Gasteiger partial charge in [0.2, 0.25) is 5.91 Å². The number of hydrogen-bond acceptors (Lipinski definition) is 2. The molecule has 0 radical (unpaired) electrons. The van der Waals surface area contributed by atoms with Crippen molar-refractivity contribution >= 4 is 39.7 Å². The second-order valence-electron chi connectivity index (χ2n) is 5.45. The van der Waals surface area contributed by atoms with Crippen molar-refractivity contribution < 1.29 is 4.79 Å². The topological polar surface area (TPSA) is 41.1 Å². The molecule has 0 bridgehead atoms. The third-order valence-electron chi connectivity index (χ3n) is 3.60. The van der Waals surface area contributed by atoms with Crippen molar-refractivity contribution in [2.45, 2.75) is 6.92 Å². The van der Waals surface area contributed by atoms with Crippen LogP contribution in [0.4, 0.5) is 11.4 Å². The lowest BCUT2D eigenvalue weighted by Crippen LogP contribution is -2.21. The minimum Gasteiger partial charge on any atom is -0.376 e. The van der Waals surface area contributed by atoms with Crippen LogP contribution in [-0.4, -0.2) is 12.5 Å². The van der Waals surface area contributed by atoms with Crippen LogP contribution in [0.15, 0.2) is 60.7 Å². The zero-order chi connectivity index (χ0) is 16.2. The molecule has 0 fully saturated rings. The van der Waals surface area contributed by atoms with E-state index < -0.39 is 0 Å². The summed E-state index contributed by atoms with van der Waals surface area (Å²) < 4.78 is 0. The molecule has 0 unspecified atom stereocenters. The van der Waals surface area contributed by atoms with E-state index in [9.17, 15) is 4.79 Å². The molecule has 0 saturated heterocycles. The van der Waals surface area contributed by atoms with Crippen LogP contribution in [0.3, 0.4) is 0 Å². The Morgan fingerprint density at radius 1 is 1.00 bits per heavy atom. The molecule has 3 rings (SSSR count). The Kier molecular flexibility index (Phi) is 4.49. The number of amides is 1. The van der Waals surface area contributed by atoms with Gasteiger partial charge in [0.15, 0.2) is 0 Å². The minimum atomic E-state index is -0.135. The highest BCUT2D eigenvalue weighted by Gasteiger charge is 2.06. The molecule has 0 aliphatic carbocycles. The number of anilines is 2. The Morgan fingerprint density at radius 2 is 1.78 bits per heavy atom. The van der Waals surface area contributed by atoms with E-state index in [1.54, 1.807) is 0 Å². The summed E-state index contributed by atoms with van der Waals surface area (Å²) in [5.74, 6) is -0.135.